The van der Waals surface area contributed by atoms with Crippen LogP contribution in [0.5, 0.6) is 5.75 Å². The third-order valence-electron chi connectivity index (χ3n) is 4.10. The van der Waals surface area contributed by atoms with Crippen LogP contribution in [0.15, 0.2) is 24.3 Å². The van der Waals surface area contributed by atoms with Crippen molar-refractivity contribution in [2.24, 2.45) is 0 Å². The van der Waals surface area contributed by atoms with Gasteiger partial charge in [-0.05, 0) is 56.6 Å². The van der Waals surface area contributed by atoms with Crippen LogP contribution in [-0.2, 0) is 0 Å². The minimum absolute atomic E-state index is 0.0950. The molecule has 24 heavy (non-hydrogen) atoms. The third kappa shape index (κ3) is 6.64. The zero-order valence-corrected chi connectivity index (χ0v) is 14.6. The Morgan fingerprint density at radius 1 is 1.17 bits per heavy atom. The summed E-state index contributed by atoms with van der Waals surface area (Å²) in [4.78, 5) is 14.4. The van der Waals surface area contributed by atoms with Gasteiger partial charge < -0.3 is 10.1 Å². The summed E-state index contributed by atoms with van der Waals surface area (Å²) < 4.78 is 5.59. The molecule has 0 spiro atoms. The van der Waals surface area contributed by atoms with Gasteiger partial charge in [-0.3, -0.25) is 9.69 Å². The fourth-order valence-electron chi connectivity index (χ4n) is 2.61. The third-order valence-corrected chi connectivity index (χ3v) is 4.10. The Balaban J connectivity index is 1.68. The van der Waals surface area contributed by atoms with Gasteiger partial charge in [-0.25, -0.2) is 0 Å². The van der Waals surface area contributed by atoms with E-state index in [2.05, 4.69) is 29.0 Å². The molecule has 0 saturated carbocycles. The number of rotatable bonds is 7. The van der Waals surface area contributed by atoms with Crippen molar-refractivity contribution in [2.75, 3.05) is 32.8 Å². The summed E-state index contributed by atoms with van der Waals surface area (Å²) in [5.41, 5.74) is 0.635. The van der Waals surface area contributed by atoms with Crippen LogP contribution in [0.3, 0.4) is 0 Å². The SMILES string of the molecule is CCCCOc1ccc(C(=O)NCC#CCN2CCCCC2)cc1. The quantitative estimate of drug-likeness (QED) is 0.618. The topological polar surface area (TPSA) is 41.6 Å². The Morgan fingerprint density at radius 2 is 1.92 bits per heavy atom. The number of amides is 1. The summed E-state index contributed by atoms with van der Waals surface area (Å²) in [6.07, 6.45) is 6.03. The van der Waals surface area contributed by atoms with E-state index in [1.165, 1.54) is 19.3 Å². The van der Waals surface area contributed by atoms with E-state index < -0.39 is 0 Å². The van der Waals surface area contributed by atoms with E-state index >= 15 is 0 Å². The number of piperidine rings is 1. The highest BCUT2D eigenvalue weighted by molar-refractivity contribution is 5.94. The number of likely N-dealkylation sites (tertiary alicyclic amines) is 1. The van der Waals surface area contributed by atoms with Crippen molar-refractivity contribution < 1.29 is 9.53 Å². The average Bonchev–Trinajstić information content (AvgIpc) is 2.63. The largest absolute Gasteiger partial charge is 0.494 e. The molecule has 1 amide bonds. The highest BCUT2D eigenvalue weighted by Crippen LogP contribution is 2.12. The molecule has 1 aromatic carbocycles. The minimum atomic E-state index is -0.0950. The van der Waals surface area contributed by atoms with Crippen molar-refractivity contribution in [3.8, 4) is 17.6 Å². The van der Waals surface area contributed by atoms with Crippen LogP contribution < -0.4 is 10.1 Å². The van der Waals surface area contributed by atoms with E-state index in [1.54, 1.807) is 12.1 Å². The van der Waals surface area contributed by atoms with Gasteiger partial charge in [0.05, 0.1) is 19.7 Å². The van der Waals surface area contributed by atoms with E-state index in [4.69, 9.17) is 4.74 Å². The van der Waals surface area contributed by atoms with Crippen molar-refractivity contribution in [3.05, 3.63) is 29.8 Å². The molecule has 2 rings (SSSR count). The Bertz CT molecular complexity index is 551. The fourth-order valence-corrected chi connectivity index (χ4v) is 2.61. The zero-order chi connectivity index (χ0) is 17.0. The predicted molar refractivity (Wildman–Crippen MR) is 97.2 cm³/mol. The molecule has 0 atom stereocenters. The smallest absolute Gasteiger partial charge is 0.252 e. The molecule has 130 valence electrons. The number of benzene rings is 1. The molecule has 0 unspecified atom stereocenters. The van der Waals surface area contributed by atoms with Crippen molar-refractivity contribution in [2.45, 2.75) is 39.0 Å². The molecule has 4 nitrogen and oxygen atoms in total. The van der Waals surface area contributed by atoms with Gasteiger partial charge in [-0.1, -0.05) is 31.6 Å². The fraction of sp³-hybridized carbons (Fsp3) is 0.550. The van der Waals surface area contributed by atoms with Gasteiger partial charge >= 0.3 is 0 Å². The Hall–Kier alpha value is -1.99. The summed E-state index contributed by atoms with van der Waals surface area (Å²) in [6, 6.07) is 7.26. The normalized spacial score (nSPS) is 14.5. The van der Waals surface area contributed by atoms with Gasteiger partial charge in [0.2, 0.25) is 0 Å². The van der Waals surface area contributed by atoms with Crippen molar-refractivity contribution in [1.82, 2.24) is 10.2 Å². The highest BCUT2D eigenvalue weighted by atomic mass is 16.5. The zero-order valence-electron chi connectivity index (χ0n) is 14.6. The number of nitrogens with one attached hydrogen (secondary N) is 1. The van der Waals surface area contributed by atoms with Gasteiger partial charge in [0.1, 0.15) is 5.75 Å². The summed E-state index contributed by atoms with van der Waals surface area (Å²) >= 11 is 0. The second-order valence-electron chi connectivity index (χ2n) is 6.10. The number of ether oxygens (including phenoxy) is 1. The van der Waals surface area contributed by atoms with E-state index in [-0.39, 0.29) is 5.91 Å². The van der Waals surface area contributed by atoms with Gasteiger partial charge in [-0.15, -0.1) is 0 Å². The Labute approximate surface area is 145 Å². The Kier molecular flexibility index (Phi) is 8.20. The van der Waals surface area contributed by atoms with Crippen molar-refractivity contribution in [3.63, 3.8) is 0 Å². The molecular formula is C20H28N2O2. The summed E-state index contributed by atoms with van der Waals surface area (Å²) in [5.74, 6) is 6.88. The molecule has 1 aliphatic heterocycles. The maximum absolute atomic E-state index is 12.1. The monoisotopic (exact) mass is 328 g/mol. The number of nitrogens with zero attached hydrogens (tertiary/aromatic N) is 1. The lowest BCUT2D eigenvalue weighted by Gasteiger charge is -2.23. The van der Waals surface area contributed by atoms with E-state index in [0.29, 0.717) is 18.7 Å². The molecule has 0 bridgehead atoms. The molecule has 1 aromatic rings. The first-order chi connectivity index (χ1) is 11.8. The van der Waals surface area contributed by atoms with Crippen LogP contribution in [-0.4, -0.2) is 43.6 Å². The maximum Gasteiger partial charge on any atom is 0.252 e. The number of hydrogen-bond acceptors (Lipinski definition) is 3. The predicted octanol–water partition coefficient (Wildman–Crippen LogP) is 3.08. The summed E-state index contributed by atoms with van der Waals surface area (Å²) in [6.45, 7) is 6.34. The maximum atomic E-state index is 12.1. The lowest BCUT2D eigenvalue weighted by Crippen LogP contribution is -2.30. The number of carbonyl (C=O) groups is 1. The van der Waals surface area contributed by atoms with Gasteiger partial charge in [-0.2, -0.15) is 0 Å². The first-order valence-electron chi connectivity index (χ1n) is 8.98. The first-order valence-corrected chi connectivity index (χ1v) is 8.98. The van der Waals surface area contributed by atoms with Crippen molar-refractivity contribution in [1.29, 1.82) is 0 Å². The standard InChI is InChI=1S/C20H28N2O2/c1-2-3-17-24-19-11-9-18(10-12-19)20(23)21-13-5-8-16-22-14-6-4-7-15-22/h9-12H,2-4,6-7,13-17H2,1H3,(H,21,23). The van der Waals surface area contributed by atoms with Crippen LogP contribution in [0.25, 0.3) is 0 Å². The molecular weight excluding hydrogens is 300 g/mol. The molecule has 0 aliphatic carbocycles. The number of hydrogen-bond donors (Lipinski definition) is 1. The number of carbonyl (C=O) groups excluding carboxylic acids is 1. The molecule has 1 saturated heterocycles. The van der Waals surface area contributed by atoms with Crippen LogP contribution in [0.1, 0.15) is 49.4 Å². The van der Waals surface area contributed by atoms with Gasteiger partial charge in [0.15, 0.2) is 0 Å². The summed E-state index contributed by atoms with van der Waals surface area (Å²) in [7, 11) is 0. The van der Waals surface area contributed by atoms with Crippen LogP contribution in [0, 0.1) is 11.8 Å². The second-order valence-corrected chi connectivity index (χ2v) is 6.10. The van der Waals surface area contributed by atoms with Crippen LogP contribution >= 0.6 is 0 Å². The molecule has 4 heteroatoms. The molecule has 1 N–H and O–H groups in total. The molecule has 1 fully saturated rings. The van der Waals surface area contributed by atoms with Gasteiger partial charge in [0.25, 0.3) is 5.91 Å². The average molecular weight is 328 g/mol. The van der Waals surface area contributed by atoms with E-state index in [9.17, 15) is 4.79 Å². The lowest BCUT2D eigenvalue weighted by molar-refractivity contribution is 0.0958. The Morgan fingerprint density at radius 3 is 2.62 bits per heavy atom. The lowest BCUT2D eigenvalue weighted by atomic mass is 10.1. The summed E-state index contributed by atoms with van der Waals surface area (Å²) in [5, 5.41) is 2.84. The van der Waals surface area contributed by atoms with Gasteiger partial charge in [0, 0.05) is 5.56 Å². The van der Waals surface area contributed by atoms with E-state index in [1.807, 2.05) is 12.1 Å². The van der Waals surface area contributed by atoms with Crippen LogP contribution in [0.2, 0.25) is 0 Å². The molecule has 1 aliphatic rings. The molecule has 0 aromatic heterocycles. The van der Waals surface area contributed by atoms with Crippen LogP contribution in [0.4, 0.5) is 0 Å². The highest BCUT2D eigenvalue weighted by Gasteiger charge is 2.07. The van der Waals surface area contributed by atoms with Crippen molar-refractivity contribution >= 4 is 5.91 Å². The molecule has 1 heterocycles. The second kappa shape index (κ2) is 10.7. The number of unbranched alkanes of at least 4 members (excludes halogenated alkanes) is 1. The minimum Gasteiger partial charge on any atom is -0.494 e. The molecule has 0 radical (unpaired) electrons. The van der Waals surface area contributed by atoms with E-state index in [0.717, 1.165) is 38.2 Å². The first kappa shape index (κ1) is 18.4.